The fraction of sp³-hybridized carbons (Fsp3) is 0.0196. The topological polar surface area (TPSA) is 3.24 Å². The zero-order valence-electron chi connectivity index (χ0n) is 28.9. The molecule has 1 aliphatic heterocycles. The Morgan fingerprint density at radius 3 is 1.75 bits per heavy atom. The largest absolute Gasteiger partial charge is 0.309 e. The zero-order chi connectivity index (χ0) is 34.9. The Kier molecular flexibility index (Phi) is 6.77. The minimum atomic E-state index is -0.527. The molecule has 1 heterocycles. The van der Waals surface area contributed by atoms with E-state index in [1.54, 1.807) is 0 Å². The second kappa shape index (κ2) is 11.8. The van der Waals surface area contributed by atoms with E-state index in [0.717, 1.165) is 11.4 Å². The van der Waals surface area contributed by atoms with Crippen LogP contribution >= 0.6 is 11.8 Å². The van der Waals surface area contributed by atoms with Crippen molar-refractivity contribution in [3.05, 3.63) is 222 Å². The first kappa shape index (κ1) is 30.3. The van der Waals surface area contributed by atoms with Crippen molar-refractivity contribution in [1.82, 2.24) is 0 Å². The standard InChI is InChI=1S/C51H33NS/c1-3-15-34(16-4-1)40-31-29-35-17-7-8-22-39(35)50(40)52(37-20-5-2-6-21-37)38-30-32-41-42-23-13-18-36-19-14-26-45(49(36)42)51(46(41)33-38)43-24-9-11-27-47(43)53-48-28-12-10-25-44(48)51/h1-33H. The van der Waals surface area contributed by atoms with Gasteiger partial charge in [-0.25, -0.2) is 0 Å². The van der Waals surface area contributed by atoms with E-state index in [1.165, 1.54) is 81.5 Å². The lowest BCUT2D eigenvalue weighted by Gasteiger charge is -2.46. The van der Waals surface area contributed by atoms with Gasteiger partial charge in [0.15, 0.2) is 0 Å². The summed E-state index contributed by atoms with van der Waals surface area (Å²) >= 11 is 1.89. The Morgan fingerprint density at radius 2 is 0.981 bits per heavy atom. The van der Waals surface area contributed by atoms with Crippen LogP contribution in [-0.4, -0.2) is 0 Å². The quantitative estimate of drug-likeness (QED) is 0.181. The fourth-order valence-electron chi connectivity index (χ4n) is 9.15. The summed E-state index contributed by atoms with van der Waals surface area (Å²) in [5.74, 6) is 0. The summed E-state index contributed by atoms with van der Waals surface area (Å²) in [6.45, 7) is 0. The van der Waals surface area contributed by atoms with Gasteiger partial charge in [-0.2, -0.15) is 0 Å². The first-order valence-corrected chi connectivity index (χ1v) is 19.1. The minimum absolute atomic E-state index is 0.527. The lowest BCUT2D eigenvalue weighted by molar-refractivity contribution is 0.707. The van der Waals surface area contributed by atoms with Gasteiger partial charge in [-0.05, 0) is 91.5 Å². The van der Waals surface area contributed by atoms with Crippen LogP contribution in [0.4, 0.5) is 17.1 Å². The van der Waals surface area contributed by atoms with Crippen molar-refractivity contribution in [2.24, 2.45) is 0 Å². The molecule has 53 heavy (non-hydrogen) atoms. The Balaban J connectivity index is 1.29. The molecule has 0 fully saturated rings. The van der Waals surface area contributed by atoms with E-state index in [4.69, 9.17) is 0 Å². The molecule has 2 heteroatoms. The lowest BCUT2D eigenvalue weighted by Crippen LogP contribution is -2.36. The van der Waals surface area contributed by atoms with Crippen molar-refractivity contribution in [3.63, 3.8) is 0 Å². The highest BCUT2D eigenvalue weighted by Gasteiger charge is 2.48. The molecule has 0 saturated heterocycles. The van der Waals surface area contributed by atoms with Crippen LogP contribution in [0.3, 0.4) is 0 Å². The lowest BCUT2D eigenvalue weighted by atomic mass is 9.59. The van der Waals surface area contributed by atoms with Crippen LogP contribution in [0.2, 0.25) is 0 Å². The van der Waals surface area contributed by atoms with Crippen LogP contribution in [0.15, 0.2) is 210 Å². The summed E-state index contributed by atoms with van der Waals surface area (Å²) in [7, 11) is 0. The molecule has 9 aromatic rings. The third-order valence-electron chi connectivity index (χ3n) is 11.3. The van der Waals surface area contributed by atoms with Gasteiger partial charge in [0.25, 0.3) is 0 Å². The highest BCUT2D eigenvalue weighted by molar-refractivity contribution is 7.99. The molecule has 0 saturated carbocycles. The summed E-state index contributed by atoms with van der Waals surface area (Å²) < 4.78 is 0. The van der Waals surface area contributed by atoms with Gasteiger partial charge >= 0.3 is 0 Å². The molecule has 1 spiro atoms. The summed E-state index contributed by atoms with van der Waals surface area (Å²) in [6.07, 6.45) is 0. The number of anilines is 3. The van der Waals surface area contributed by atoms with Gasteiger partial charge in [-0.1, -0.05) is 176 Å². The smallest absolute Gasteiger partial charge is 0.0736 e. The van der Waals surface area contributed by atoms with E-state index in [0.29, 0.717) is 0 Å². The number of hydrogen-bond acceptors (Lipinski definition) is 2. The van der Waals surface area contributed by atoms with Crippen molar-refractivity contribution < 1.29 is 0 Å². The molecule has 0 atom stereocenters. The van der Waals surface area contributed by atoms with E-state index in [1.807, 2.05) is 11.8 Å². The van der Waals surface area contributed by atoms with E-state index in [2.05, 4.69) is 205 Å². The number of hydrogen-bond donors (Lipinski definition) is 0. The van der Waals surface area contributed by atoms with Crippen LogP contribution in [-0.2, 0) is 5.41 Å². The molecular weight excluding hydrogens is 659 g/mol. The Labute approximate surface area is 313 Å². The molecule has 0 bridgehead atoms. The van der Waals surface area contributed by atoms with Gasteiger partial charge in [0.1, 0.15) is 0 Å². The summed E-state index contributed by atoms with van der Waals surface area (Å²) in [4.78, 5) is 5.10. The second-order valence-corrected chi connectivity index (χ2v) is 15.1. The molecule has 0 aromatic heterocycles. The first-order chi connectivity index (χ1) is 26.3. The monoisotopic (exact) mass is 691 g/mol. The number of benzene rings is 9. The van der Waals surface area contributed by atoms with Crippen LogP contribution < -0.4 is 4.90 Å². The minimum Gasteiger partial charge on any atom is -0.309 e. The maximum atomic E-state index is 2.51. The Hall–Kier alpha value is -6.35. The van der Waals surface area contributed by atoms with E-state index in [9.17, 15) is 0 Å². The van der Waals surface area contributed by atoms with Gasteiger partial charge < -0.3 is 4.90 Å². The molecule has 11 rings (SSSR count). The van der Waals surface area contributed by atoms with E-state index in [-0.39, 0.29) is 0 Å². The maximum Gasteiger partial charge on any atom is 0.0736 e. The molecular formula is C51H33NS. The third kappa shape index (κ3) is 4.40. The predicted molar refractivity (Wildman–Crippen MR) is 223 cm³/mol. The molecule has 1 aliphatic carbocycles. The van der Waals surface area contributed by atoms with Crippen molar-refractivity contribution in [2.45, 2.75) is 15.2 Å². The average molecular weight is 692 g/mol. The SMILES string of the molecule is c1ccc(-c2ccc3ccccc3c2N(c2ccccc2)c2ccc3c(c2)C2(c4ccccc4Sc4ccccc42)c2cccc4cccc-3c24)cc1. The summed E-state index contributed by atoms with van der Waals surface area (Å²) in [6, 6.07) is 74.2. The van der Waals surface area contributed by atoms with Gasteiger partial charge in [0.05, 0.1) is 11.1 Å². The molecule has 248 valence electrons. The highest BCUT2D eigenvalue weighted by atomic mass is 32.2. The molecule has 9 aromatic carbocycles. The normalized spacial score (nSPS) is 13.4. The highest BCUT2D eigenvalue weighted by Crippen LogP contribution is 2.62. The van der Waals surface area contributed by atoms with Crippen LogP contribution in [0.5, 0.6) is 0 Å². The van der Waals surface area contributed by atoms with Gasteiger partial charge in [0.2, 0.25) is 0 Å². The number of rotatable bonds is 4. The zero-order valence-corrected chi connectivity index (χ0v) is 29.7. The van der Waals surface area contributed by atoms with Crippen LogP contribution in [0, 0.1) is 0 Å². The van der Waals surface area contributed by atoms with Crippen molar-refractivity contribution in [3.8, 4) is 22.3 Å². The Bertz CT molecular complexity index is 2820. The molecule has 0 radical (unpaired) electrons. The fourth-order valence-corrected chi connectivity index (χ4v) is 10.3. The number of para-hydroxylation sites is 1. The molecule has 0 N–H and O–H groups in total. The van der Waals surface area contributed by atoms with Gasteiger partial charge in [0, 0.05) is 32.1 Å². The summed E-state index contributed by atoms with van der Waals surface area (Å²) in [5.41, 5.74) is 13.2. The van der Waals surface area contributed by atoms with E-state index >= 15 is 0 Å². The summed E-state index contributed by atoms with van der Waals surface area (Å²) in [5, 5.41) is 5.04. The van der Waals surface area contributed by atoms with Crippen LogP contribution in [0.25, 0.3) is 43.8 Å². The van der Waals surface area contributed by atoms with Crippen LogP contribution in [0.1, 0.15) is 22.3 Å². The van der Waals surface area contributed by atoms with Gasteiger partial charge in [-0.15, -0.1) is 0 Å². The van der Waals surface area contributed by atoms with Gasteiger partial charge in [-0.3, -0.25) is 0 Å². The maximum absolute atomic E-state index is 2.51. The molecule has 0 amide bonds. The molecule has 2 aliphatic rings. The van der Waals surface area contributed by atoms with Crippen molar-refractivity contribution >= 4 is 50.4 Å². The first-order valence-electron chi connectivity index (χ1n) is 18.3. The van der Waals surface area contributed by atoms with Crippen molar-refractivity contribution in [2.75, 3.05) is 4.90 Å². The number of fused-ring (bicyclic) bond motifs is 9. The average Bonchev–Trinajstić information content (AvgIpc) is 3.23. The molecule has 1 nitrogen and oxygen atoms in total. The van der Waals surface area contributed by atoms with E-state index < -0.39 is 5.41 Å². The van der Waals surface area contributed by atoms with Crippen molar-refractivity contribution in [1.29, 1.82) is 0 Å². The molecule has 0 unspecified atom stereocenters. The Morgan fingerprint density at radius 1 is 0.377 bits per heavy atom. The number of nitrogens with zero attached hydrogens (tertiary/aromatic N) is 1. The second-order valence-electron chi connectivity index (χ2n) is 14.0. The third-order valence-corrected chi connectivity index (χ3v) is 12.4. The predicted octanol–water partition coefficient (Wildman–Crippen LogP) is 14.0.